The van der Waals surface area contributed by atoms with E-state index < -0.39 is 0 Å². The number of anilines is 1. The van der Waals surface area contributed by atoms with Crippen LogP contribution in [0.4, 0.5) is 5.69 Å². The van der Waals surface area contributed by atoms with E-state index in [0.717, 1.165) is 16.9 Å². The average molecular weight is 284 g/mol. The average Bonchev–Trinajstić information content (AvgIpc) is 2.48. The minimum Gasteiger partial charge on any atom is -0.326 e. The van der Waals surface area contributed by atoms with E-state index in [1.54, 1.807) is 6.20 Å². The summed E-state index contributed by atoms with van der Waals surface area (Å²) in [5, 5.41) is 5.89. The first-order valence-corrected chi connectivity index (χ1v) is 6.95. The molecule has 1 aromatic heterocycles. The van der Waals surface area contributed by atoms with Crippen LogP contribution in [0, 0.1) is 12.8 Å². The van der Waals surface area contributed by atoms with Crippen molar-refractivity contribution in [3.8, 4) is 11.4 Å². The Morgan fingerprint density at radius 1 is 1.24 bits per heavy atom. The van der Waals surface area contributed by atoms with Gasteiger partial charge in [-0.05, 0) is 44.3 Å². The van der Waals surface area contributed by atoms with Crippen LogP contribution in [0.2, 0.25) is 0 Å². The number of carbonyl (C=O) groups excluding carboxylic acids is 1. The zero-order valence-electron chi connectivity index (χ0n) is 12.6. The monoisotopic (exact) mass is 284 g/mol. The van der Waals surface area contributed by atoms with E-state index in [1.165, 1.54) is 0 Å². The van der Waals surface area contributed by atoms with Crippen LogP contribution in [0.15, 0.2) is 36.5 Å². The molecule has 0 saturated carbocycles. The highest BCUT2D eigenvalue weighted by atomic mass is 16.1. The van der Waals surface area contributed by atoms with Crippen molar-refractivity contribution in [3.63, 3.8) is 0 Å². The van der Waals surface area contributed by atoms with E-state index in [9.17, 15) is 4.79 Å². The van der Waals surface area contributed by atoms with Gasteiger partial charge in [0, 0.05) is 35.6 Å². The van der Waals surface area contributed by atoms with Gasteiger partial charge in [0.15, 0.2) is 5.82 Å². The first-order valence-electron chi connectivity index (χ1n) is 6.95. The Kier molecular flexibility index (Phi) is 5.00. The third-order valence-electron chi connectivity index (χ3n) is 3.16. The Hall–Kier alpha value is -2.27. The molecule has 2 aromatic rings. The maximum atomic E-state index is 11.9. The van der Waals surface area contributed by atoms with Gasteiger partial charge in [-0.2, -0.15) is 0 Å². The summed E-state index contributed by atoms with van der Waals surface area (Å²) in [4.78, 5) is 20.6. The molecule has 1 amide bonds. The van der Waals surface area contributed by atoms with Gasteiger partial charge in [0.25, 0.3) is 0 Å². The molecule has 5 nitrogen and oxygen atoms in total. The second-order valence-electron chi connectivity index (χ2n) is 5.05. The highest BCUT2D eigenvalue weighted by Gasteiger charge is 2.11. The molecule has 0 aliphatic heterocycles. The number of aryl methyl sites for hydroxylation is 1. The summed E-state index contributed by atoms with van der Waals surface area (Å²) in [6.45, 7) is 4.48. The fraction of sp³-hybridized carbons (Fsp3) is 0.312. The normalized spacial score (nSPS) is 12.0. The second-order valence-corrected chi connectivity index (χ2v) is 5.05. The number of aromatic nitrogens is 2. The summed E-state index contributed by atoms with van der Waals surface area (Å²) >= 11 is 0. The molecule has 0 spiro atoms. The predicted molar refractivity (Wildman–Crippen MR) is 83.9 cm³/mol. The van der Waals surface area contributed by atoms with Gasteiger partial charge in [-0.25, -0.2) is 9.97 Å². The SMILES string of the molecule is CNCC(C)C(=O)Nc1ccc(-c2nccc(C)n2)cc1. The van der Waals surface area contributed by atoms with Gasteiger partial charge in [-0.3, -0.25) is 4.79 Å². The van der Waals surface area contributed by atoms with Gasteiger partial charge in [0.1, 0.15) is 0 Å². The van der Waals surface area contributed by atoms with Gasteiger partial charge in [0.2, 0.25) is 5.91 Å². The molecule has 110 valence electrons. The van der Waals surface area contributed by atoms with Crippen LogP contribution in [-0.4, -0.2) is 29.5 Å². The van der Waals surface area contributed by atoms with Crippen LogP contribution in [0.1, 0.15) is 12.6 Å². The number of rotatable bonds is 5. The molecule has 2 N–H and O–H groups in total. The van der Waals surface area contributed by atoms with Crippen molar-refractivity contribution >= 4 is 11.6 Å². The lowest BCUT2D eigenvalue weighted by Crippen LogP contribution is -2.28. The molecule has 0 aliphatic rings. The lowest BCUT2D eigenvalue weighted by atomic mass is 10.1. The quantitative estimate of drug-likeness (QED) is 0.883. The smallest absolute Gasteiger partial charge is 0.228 e. The van der Waals surface area contributed by atoms with E-state index >= 15 is 0 Å². The number of carbonyl (C=O) groups is 1. The molecule has 0 fully saturated rings. The molecule has 0 saturated heterocycles. The number of hydrogen-bond donors (Lipinski definition) is 2. The lowest BCUT2D eigenvalue weighted by Gasteiger charge is -2.11. The molecule has 1 aromatic carbocycles. The summed E-state index contributed by atoms with van der Waals surface area (Å²) in [5.41, 5.74) is 2.64. The number of amides is 1. The first kappa shape index (κ1) is 15.1. The van der Waals surface area contributed by atoms with E-state index in [0.29, 0.717) is 12.4 Å². The highest BCUT2D eigenvalue weighted by molar-refractivity contribution is 5.92. The van der Waals surface area contributed by atoms with Crippen LogP contribution >= 0.6 is 0 Å². The van der Waals surface area contributed by atoms with Crippen LogP contribution in [0.25, 0.3) is 11.4 Å². The molecular weight excluding hydrogens is 264 g/mol. The van der Waals surface area contributed by atoms with E-state index in [-0.39, 0.29) is 11.8 Å². The molecule has 0 aliphatic carbocycles. The van der Waals surface area contributed by atoms with Crippen LogP contribution in [0.5, 0.6) is 0 Å². The van der Waals surface area contributed by atoms with Crippen LogP contribution < -0.4 is 10.6 Å². The Balaban J connectivity index is 2.07. The first-order chi connectivity index (χ1) is 10.1. The molecule has 1 unspecified atom stereocenters. The van der Waals surface area contributed by atoms with Gasteiger partial charge in [-0.15, -0.1) is 0 Å². The number of nitrogens with one attached hydrogen (secondary N) is 2. The van der Waals surface area contributed by atoms with Crippen molar-refractivity contribution in [1.29, 1.82) is 0 Å². The van der Waals surface area contributed by atoms with Crippen LogP contribution in [0.3, 0.4) is 0 Å². The minimum absolute atomic E-state index is 0.00362. The Morgan fingerprint density at radius 2 is 1.95 bits per heavy atom. The lowest BCUT2D eigenvalue weighted by molar-refractivity contribution is -0.119. The highest BCUT2D eigenvalue weighted by Crippen LogP contribution is 2.18. The molecular formula is C16H20N4O. The molecule has 0 radical (unpaired) electrons. The number of nitrogens with zero attached hydrogens (tertiary/aromatic N) is 2. The maximum absolute atomic E-state index is 11.9. The Bertz CT molecular complexity index is 610. The molecule has 1 heterocycles. The Labute approximate surface area is 124 Å². The van der Waals surface area contributed by atoms with Gasteiger partial charge >= 0.3 is 0 Å². The standard InChI is InChI=1S/C16H20N4O/c1-11(10-17-3)16(21)20-14-6-4-13(5-7-14)15-18-9-8-12(2)19-15/h4-9,11,17H,10H2,1-3H3,(H,20,21). The van der Waals surface area contributed by atoms with Gasteiger partial charge in [-0.1, -0.05) is 6.92 Å². The summed E-state index contributed by atoms with van der Waals surface area (Å²) in [5.74, 6) is 0.620. The zero-order valence-corrected chi connectivity index (χ0v) is 12.6. The summed E-state index contributed by atoms with van der Waals surface area (Å²) in [6, 6.07) is 9.41. The van der Waals surface area contributed by atoms with Gasteiger partial charge in [0.05, 0.1) is 0 Å². The fourth-order valence-electron chi connectivity index (χ4n) is 1.95. The molecule has 2 rings (SSSR count). The summed E-state index contributed by atoms with van der Waals surface area (Å²) in [6.07, 6.45) is 1.74. The van der Waals surface area contributed by atoms with Crippen molar-refractivity contribution in [2.24, 2.45) is 5.92 Å². The van der Waals surface area contributed by atoms with Crippen LogP contribution in [-0.2, 0) is 4.79 Å². The van der Waals surface area contributed by atoms with Crippen molar-refractivity contribution in [2.45, 2.75) is 13.8 Å². The van der Waals surface area contributed by atoms with E-state index in [1.807, 2.05) is 51.2 Å². The topological polar surface area (TPSA) is 66.9 Å². The largest absolute Gasteiger partial charge is 0.326 e. The predicted octanol–water partition coefficient (Wildman–Crippen LogP) is 2.25. The molecule has 21 heavy (non-hydrogen) atoms. The second kappa shape index (κ2) is 6.95. The van der Waals surface area contributed by atoms with Crippen molar-refractivity contribution in [3.05, 3.63) is 42.2 Å². The maximum Gasteiger partial charge on any atom is 0.228 e. The molecule has 5 heteroatoms. The zero-order chi connectivity index (χ0) is 15.2. The van der Waals surface area contributed by atoms with Crippen molar-refractivity contribution in [1.82, 2.24) is 15.3 Å². The molecule has 0 bridgehead atoms. The fourth-order valence-corrected chi connectivity index (χ4v) is 1.95. The van der Waals surface area contributed by atoms with Crippen molar-refractivity contribution < 1.29 is 4.79 Å². The Morgan fingerprint density at radius 3 is 2.57 bits per heavy atom. The third kappa shape index (κ3) is 4.10. The number of hydrogen-bond acceptors (Lipinski definition) is 4. The number of benzene rings is 1. The van der Waals surface area contributed by atoms with E-state index in [2.05, 4.69) is 20.6 Å². The summed E-state index contributed by atoms with van der Waals surface area (Å²) < 4.78 is 0. The third-order valence-corrected chi connectivity index (χ3v) is 3.16. The summed E-state index contributed by atoms with van der Waals surface area (Å²) in [7, 11) is 1.83. The van der Waals surface area contributed by atoms with Gasteiger partial charge < -0.3 is 10.6 Å². The van der Waals surface area contributed by atoms with Crippen molar-refractivity contribution in [2.75, 3.05) is 18.9 Å². The molecule has 1 atom stereocenters. The minimum atomic E-state index is -0.0743. The van der Waals surface area contributed by atoms with E-state index in [4.69, 9.17) is 0 Å².